The van der Waals surface area contributed by atoms with Gasteiger partial charge in [-0.2, -0.15) is 9.29 Å². The van der Waals surface area contributed by atoms with Crippen molar-refractivity contribution >= 4 is 15.9 Å². The Morgan fingerprint density at radius 3 is 2.31 bits per heavy atom. The highest BCUT2D eigenvalue weighted by Gasteiger charge is 2.33. The second kappa shape index (κ2) is 8.94. The zero-order chi connectivity index (χ0) is 22.1. The van der Waals surface area contributed by atoms with Crippen LogP contribution in [0.25, 0.3) is 11.4 Å². The highest BCUT2D eigenvalue weighted by Crippen LogP contribution is 2.39. The first kappa shape index (κ1) is 21.6. The molecule has 1 N–H and O–H groups in total. The second-order valence-corrected chi connectivity index (χ2v) is 11.2. The Balaban J connectivity index is 1.19. The molecule has 2 aliphatic carbocycles. The Morgan fingerprint density at radius 2 is 1.66 bits per heavy atom. The van der Waals surface area contributed by atoms with E-state index in [4.69, 9.17) is 4.52 Å². The van der Waals surface area contributed by atoms with Gasteiger partial charge in [-0.1, -0.05) is 24.4 Å². The van der Waals surface area contributed by atoms with Crippen LogP contribution in [0.3, 0.4) is 0 Å². The molecule has 2 saturated carbocycles. The molecule has 2 heterocycles. The lowest BCUT2D eigenvalue weighted by atomic mass is 9.93. The van der Waals surface area contributed by atoms with Gasteiger partial charge >= 0.3 is 0 Å². The topological polar surface area (TPSA) is 105 Å². The first-order valence-electron chi connectivity index (χ1n) is 11.8. The highest BCUT2D eigenvalue weighted by molar-refractivity contribution is 7.89. The van der Waals surface area contributed by atoms with E-state index in [0.29, 0.717) is 43.6 Å². The molecule has 1 amide bonds. The summed E-state index contributed by atoms with van der Waals surface area (Å²) in [4.78, 5) is 17.3. The molecule has 3 fully saturated rings. The number of nitrogens with one attached hydrogen (secondary N) is 1. The standard InChI is InChI=1S/C23H30N4O4S/c28-22(24-19-4-2-1-3-5-19)17-12-14-27(15-13-17)32(29,30)20-10-8-16(9-11-20)21-25-23(31-26-21)18-6-7-18/h8-11,17-19H,1-7,12-15H2,(H,24,28). The molecule has 1 saturated heterocycles. The molecule has 0 radical (unpaired) electrons. The van der Waals surface area contributed by atoms with Crippen LogP contribution in [0.2, 0.25) is 0 Å². The molecular formula is C23H30N4O4S. The van der Waals surface area contributed by atoms with Crippen LogP contribution >= 0.6 is 0 Å². The van der Waals surface area contributed by atoms with Gasteiger partial charge in [0.1, 0.15) is 0 Å². The largest absolute Gasteiger partial charge is 0.353 e. The molecule has 5 rings (SSSR count). The summed E-state index contributed by atoms with van der Waals surface area (Å²) in [7, 11) is -3.60. The third kappa shape index (κ3) is 4.59. The summed E-state index contributed by atoms with van der Waals surface area (Å²) in [6.45, 7) is 0.727. The molecule has 32 heavy (non-hydrogen) atoms. The van der Waals surface area contributed by atoms with Crippen molar-refractivity contribution in [3.8, 4) is 11.4 Å². The van der Waals surface area contributed by atoms with Gasteiger partial charge in [-0.3, -0.25) is 4.79 Å². The van der Waals surface area contributed by atoms with Gasteiger partial charge in [0.25, 0.3) is 0 Å². The summed E-state index contributed by atoms with van der Waals surface area (Å²) in [5.41, 5.74) is 0.734. The van der Waals surface area contributed by atoms with E-state index in [0.717, 1.165) is 31.2 Å². The van der Waals surface area contributed by atoms with Crippen LogP contribution in [0.4, 0.5) is 0 Å². The molecule has 0 spiro atoms. The average Bonchev–Trinajstić information content (AvgIpc) is 3.56. The Morgan fingerprint density at radius 1 is 0.969 bits per heavy atom. The number of hydrogen-bond acceptors (Lipinski definition) is 6. The van der Waals surface area contributed by atoms with Crippen LogP contribution < -0.4 is 5.32 Å². The lowest BCUT2D eigenvalue weighted by Crippen LogP contribution is -2.45. The van der Waals surface area contributed by atoms with Crippen LogP contribution in [0.5, 0.6) is 0 Å². The molecule has 0 atom stereocenters. The van der Waals surface area contributed by atoms with E-state index in [2.05, 4.69) is 15.5 Å². The monoisotopic (exact) mass is 458 g/mol. The van der Waals surface area contributed by atoms with Crippen LogP contribution in [0.1, 0.15) is 69.6 Å². The van der Waals surface area contributed by atoms with Gasteiger partial charge in [0.2, 0.25) is 27.6 Å². The summed E-state index contributed by atoms with van der Waals surface area (Å²) in [5.74, 6) is 1.50. The third-order valence-corrected chi connectivity index (χ3v) is 8.81. The number of sulfonamides is 1. The van der Waals surface area contributed by atoms with Gasteiger partial charge in [-0.15, -0.1) is 0 Å². The third-order valence-electron chi connectivity index (χ3n) is 6.89. The number of nitrogens with zero attached hydrogens (tertiary/aromatic N) is 3. The number of rotatable bonds is 6. The summed E-state index contributed by atoms with van der Waals surface area (Å²) in [6.07, 6.45) is 8.99. The normalized spacial score (nSPS) is 21.5. The summed E-state index contributed by atoms with van der Waals surface area (Å²) in [5, 5.41) is 7.19. The Hall–Kier alpha value is -2.26. The van der Waals surface area contributed by atoms with Crippen molar-refractivity contribution < 1.29 is 17.7 Å². The molecule has 1 aromatic heterocycles. The van der Waals surface area contributed by atoms with Gasteiger partial charge in [0.15, 0.2) is 0 Å². The van der Waals surface area contributed by atoms with Gasteiger partial charge in [0.05, 0.1) is 4.90 Å². The predicted molar refractivity (Wildman–Crippen MR) is 118 cm³/mol. The lowest BCUT2D eigenvalue weighted by Gasteiger charge is -2.32. The second-order valence-electron chi connectivity index (χ2n) is 9.28. The zero-order valence-electron chi connectivity index (χ0n) is 18.2. The molecule has 0 unspecified atom stereocenters. The van der Waals surface area contributed by atoms with Crippen LogP contribution in [0.15, 0.2) is 33.7 Å². The van der Waals surface area contributed by atoms with Crippen molar-refractivity contribution in [1.82, 2.24) is 19.8 Å². The fourth-order valence-electron chi connectivity index (χ4n) is 4.70. The first-order chi connectivity index (χ1) is 15.5. The maximum Gasteiger partial charge on any atom is 0.243 e. The van der Waals surface area contributed by atoms with Gasteiger partial charge < -0.3 is 9.84 Å². The number of amides is 1. The molecule has 8 nitrogen and oxygen atoms in total. The number of piperidine rings is 1. The van der Waals surface area contributed by atoms with Gasteiger partial charge in [-0.25, -0.2) is 8.42 Å². The predicted octanol–water partition coefficient (Wildman–Crippen LogP) is 3.46. The molecule has 1 aliphatic heterocycles. The van der Waals surface area contributed by atoms with Crippen molar-refractivity contribution in [1.29, 1.82) is 0 Å². The average molecular weight is 459 g/mol. The maximum absolute atomic E-state index is 13.1. The van der Waals surface area contributed by atoms with E-state index in [9.17, 15) is 13.2 Å². The first-order valence-corrected chi connectivity index (χ1v) is 13.2. The summed E-state index contributed by atoms with van der Waals surface area (Å²) < 4.78 is 33.0. The van der Waals surface area contributed by atoms with Crippen LogP contribution in [-0.2, 0) is 14.8 Å². The SMILES string of the molecule is O=C(NC1CCCCC1)C1CCN(S(=O)(=O)c2ccc(-c3noc(C4CC4)n3)cc2)CC1. The molecule has 3 aliphatic rings. The minimum atomic E-state index is -3.60. The highest BCUT2D eigenvalue weighted by atomic mass is 32.2. The van der Waals surface area contributed by atoms with Gasteiger partial charge in [0, 0.05) is 36.5 Å². The lowest BCUT2D eigenvalue weighted by molar-refractivity contribution is -0.127. The maximum atomic E-state index is 13.1. The van der Waals surface area contributed by atoms with Gasteiger partial charge in [-0.05, 0) is 62.8 Å². The fraction of sp³-hybridized carbons (Fsp3) is 0.609. The van der Waals surface area contributed by atoms with E-state index < -0.39 is 10.0 Å². The number of carbonyl (C=O) groups is 1. The van der Waals surface area contributed by atoms with Crippen molar-refractivity contribution in [3.05, 3.63) is 30.2 Å². The van der Waals surface area contributed by atoms with Crippen molar-refractivity contribution in [2.45, 2.75) is 74.6 Å². The Kier molecular flexibility index (Phi) is 6.03. The summed E-state index contributed by atoms with van der Waals surface area (Å²) >= 11 is 0. The van der Waals surface area contributed by atoms with E-state index in [-0.39, 0.29) is 22.8 Å². The van der Waals surface area contributed by atoms with Crippen molar-refractivity contribution in [2.75, 3.05) is 13.1 Å². The molecular weight excluding hydrogens is 428 g/mol. The molecule has 0 bridgehead atoms. The Labute approximate surface area is 188 Å². The summed E-state index contributed by atoms with van der Waals surface area (Å²) in [6, 6.07) is 6.92. The smallest absolute Gasteiger partial charge is 0.243 e. The minimum Gasteiger partial charge on any atom is -0.353 e. The van der Waals surface area contributed by atoms with E-state index in [1.807, 2.05) is 0 Å². The molecule has 1 aromatic carbocycles. The molecule has 9 heteroatoms. The Bertz CT molecular complexity index is 1050. The fourth-order valence-corrected chi connectivity index (χ4v) is 6.17. The van der Waals surface area contributed by atoms with Crippen molar-refractivity contribution in [2.24, 2.45) is 5.92 Å². The zero-order valence-corrected chi connectivity index (χ0v) is 19.0. The number of hydrogen-bond donors (Lipinski definition) is 1. The minimum absolute atomic E-state index is 0.0870. The number of carbonyl (C=O) groups excluding carboxylic acids is 1. The molecule has 2 aromatic rings. The number of aromatic nitrogens is 2. The van der Waals surface area contributed by atoms with E-state index in [1.165, 1.54) is 23.6 Å². The van der Waals surface area contributed by atoms with Crippen LogP contribution in [0, 0.1) is 5.92 Å². The number of benzene rings is 1. The van der Waals surface area contributed by atoms with Crippen LogP contribution in [-0.4, -0.2) is 47.9 Å². The quantitative estimate of drug-likeness (QED) is 0.711. The molecule has 172 valence electrons. The van der Waals surface area contributed by atoms with E-state index >= 15 is 0 Å². The van der Waals surface area contributed by atoms with Crippen molar-refractivity contribution in [3.63, 3.8) is 0 Å². The van der Waals surface area contributed by atoms with E-state index in [1.54, 1.807) is 24.3 Å².